The number of likely N-dealkylation sites (tertiary alicyclic amines) is 1. The minimum Gasteiger partial charge on any atom is -0.445 e. The second-order valence-corrected chi connectivity index (χ2v) is 8.19. The second-order valence-electron chi connectivity index (χ2n) is 7.32. The van der Waals surface area contributed by atoms with Crippen molar-refractivity contribution in [1.29, 1.82) is 0 Å². The van der Waals surface area contributed by atoms with E-state index >= 15 is 0 Å². The Hall–Kier alpha value is -2.45. The molecule has 1 N–H and O–H groups in total. The molecule has 0 radical (unpaired) electrons. The van der Waals surface area contributed by atoms with Crippen molar-refractivity contribution in [2.45, 2.75) is 25.9 Å². The average molecular weight is 456 g/mol. The van der Waals surface area contributed by atoms with E-state index in [4.69, 9.17) is 32.4 Å². The van der Waals surface area contributed by atoms with Crippen LogP contribution >= 0.6 is 23.2 Å². The fourth-order valence-electron chi connectivity index (χ4n) is 3.39. The molecule has 0 saturated carbocycles. The fourth-order valence-corrected chi connectivity index (χ4v) is 3.96. The van der Waals surface area contributed by atoms with Gasteiger partial charge in [-0.1, -0.05) is 23.2 Å². The van der Waals surface area contributed by atoms with Crippen LogP contribution in [0, 0.1) is 5.92 Å². The van der Waals surface area contributed by atoms with Gasteiger partial charge in [-0.15, -0.1) is 0 Å². The zero-order valence-corrected chi connectivity index (χ0v) is 18.0. The van der Waals surface area contributed by atoms with Crippen LogP contribution in [0.25, 0.3) is 0 Å². The van der Waals surface area contributed by atoms with Crippen molar-refractivity contribution in [3.8, 4) is 0 Å². The third-order valence-electron chi connectivity index (χ3n) is 5.11. The van der Waals surface area contributed by atoms with Crippen molar-refractivity contribution in [3.05, 3.63) is 56.3 Å². The zero-order chi connectivity index (χ0) is 21.7. The molecule has 30 heavy (non-hydrogen) atoms. The highest BCUT2D eigenvalue weighted by Gasteiger charge is 2.25. The normalized spacial score (nSPS) is 14.6. The zero-order valence-electron chi connectivity index (χ0n) is 16.5. The van der Waals surface area contributed by atoms with Crippen molar-refractivity contribution < 1.29 is 18.7 Å². The Morgan fingerprint density at radius 2 is 1.90 bits per heavy atom. The van der Waals surface area contributed by atoms with Gasteiger partial charge in [0.05, 0.1) is 6.20 Å². The van der Waals surface area contributed by atoms with Gasteiger partial charge in [-0.05, 0) is 48.9 Å². The van der Waals surface area contributed by atoms with Crippen LogP contribution in [0.4, 0.5) is 4.79 Å². The third kappa shape index (κ3) is 6.03. The first-order chi connectivity index (χ1) is 14.3. The Morgan fingerprint density at radius 1 is 1.23 bits per heavy atom. The number of amides is 2. The largest absolute Gasteiger partial charge is 0.445 e. The van der Waals surface area contributed by atoms with Gasteiger partial charge in [0.1, 0.15) is 6.61 Å². The molecule has 1 aromatic carbocycles. The first kappa shape index (κ1) is 22.2. The number of halogens is 2. The van der Waals surface area contributed by atoms with E-state index in [1.807, 2.05) is 0 Å². The minimum absolute atomic E-state index is 0.000978. The van der Waals surface area contributed by atoms with Crippen LogP contribution < -0.4 is 5.76 Å². The lowest BCUT2D eigenvalue weighted by molar-refractivity contribution is 0.0724. The number of rotatable bonds is 6. The van der Waals surface area contributed by atoms with Crippen molar-refractivity contribution in [3.63, 3.8) is 0 Å². The van der Waals surface area contributed by atoms with Crippen LogP contribution in [0.3, 0.4) is 0 Å². The lowest BCUT2D eigenvalue weighted by Gasteiger charge is -2.32. The summed E-state index contributed by atoms with van der Waals surface area (Å²) in [7, 11) is 1.67. The van der Waals surface area contributed by atoms with Crippen molar-refractivity contribution in [1.82, 2.24) is 14.8 Å². The maximum Gasteiger partial charge on any atom is 0.416 e. The molecule has 1 aliphatic rings. The Labute approximate surface area is 183 Å². The van der Waals surface area contributed by atoms with E-state index in [1.165, 1.54) is 11.1 Å². The van der Waals surface area contributed by atoms with E-state index in [9.17, 15) is 14.4 Å². The standard InChI is InChI=1S/C20H23Cl2N3O5/c1-24(18(26)17-11-23-19(27)30-17)5-2-13-3-6-25(7-4-13)20(28)29-12-14-8-15(21)10-16(22)9-14/h8-11,13H,2-7,12H2,1H3,(H,23,27). The van der Waals surface area contributed by atoms with Gasteiger partial charge >= 0.3 is 11.8 Å². The molecule has 1 saturated heterocycles. The van der Waals surface area contributed by atoms with Crippen LogP contribution in [0.1, 0.15) is 35.4 Å². The smallest absolute Gasteiger partial charge is 0.416 e. The molecule has 2 amide bonds. The lowest BCUT2D eigenvalue weighted by Crippen LogP contribution is -2.39. The molecule has 2 heterocycles. The van der Waals surface area contributed by atoms with E-state index in [-0.39, 0.29) is 24.4 Å². The topological polar surface area (TPSA) is 95.9 Å². The van der Waals surface area contributed by atoms with Crippen LogP contribution in [-0.4, -0.2) is 53.5 Å². The van der Waals surface area contributed by atoms with Gasteiger partial charge in [0.2, 0.25) is 5.76 Å². The first-order valence-corrected chi connectivity index (χ1v) is 10.4. The molecule has 1 aliphatic heterocycles. The molecule has 0 unspecified atom stereocenters. The maximum absolute atomic E-state index is 12.3. The summed E-state index contributed by atoms with van der Waals surface area (Å²) in [6, 6.07) is 5.05. The van der Waals surface area contributed by atoms with Gasteiger partial charge in [-0.25, -0.2) is 9.59 Å². The van der Waals surface area contributed by atoms with Crippen LogP contribution in [0.15, 0.2) is 33.6 Å². The molecular formula is C20H23Cl2N3O5. The average Bonchev–Trinajstić information content (AvgIpc) is 3.15. The van der Waals surface area contributed by atoms with Gasteiger partial charge < -0.3 is 19.0 Å². The first-order valence-electron chi connectivity index (χ1n) is 9.62. The molecule has 1 fully saturated rings. The van der Waals surface area contributed by atoms with Crippen molar-refractivity contribution in [2.75, 3.05) is 26.7 Å². The van der Waals surface area contributed by atoms with Gasteiger partial charge in [0.15, 0.2) is 0 Å². The summed E-state index contributed by atoms with van der Waals surface area (Å²) in [5.74, 6) is -0.588. The quantitative estimate of drug-likeness (QED) is 0.714. The molecule has 0 bridgehead atoms. The molecular weight excluding hydrogens is 433 g/mol. The SMILES string of the molecule is CN(CCC1CCN(C(=O)OCc2cc(Cl)cc(Cl)c2)CC1)C(=O)c1c[nH]c(=O)o1. The molecule has 8 nitrogen and oxygen atoms in total. The number of hydrogen-bond donors (Lipinski definition) is 1. The molecule has 162 valence electrons. The molecule has 1 aromatic heterocycles. The Morgan fingerprint density at radius 3 is 2.50 bits per heavy atom. The predicted octanol–water partition coefficient (Wildman–Crippen LogP) is 3.79. The van der Waals surface area contributed by atoms with Crippen molar-refractivity contribution in [2.24, 2.45) is 5.92 Å². The number of hydrogen-bond acceptors (Lipinski definition) is 5. The Balaban J connectivity index is 1.39. The number of nitrogens with one attached hydrogen (secondary N) is 1. The second kappa shape index (κ2) is 10.0. The number of aromatic amines is 1. The molecule has 0 aliphatic carbocycles. The number of oxazole rings is 1. The monoisotopic (exact) mass is 455 g/mol. The number of ether oxygens (including phenoxy) is 1. The van der Waals surface area contributed by atoms with Gasteiger partial charge in [0.25, 0.3) is 5.91 Å². The van der Waals surface area contributed by atoms with E-state index < -0.39 is 5.76 Å². The number of piperidine rings is 1. The molecule has 10 heteroatoms. The highest BCUT2D eigenvalue weighted by atomic mass is 35.5. The third-order valence-corrected chi connectivity index (χ3v) is 5.55. The van der Waals surface area contributed by atoms with Gasteiger partial charge in [-0.2, -0.15) is 0 Å². The van der Waals surface area contributed by atoms with E-state index in [0.717, 1.165) is 24.8 Å². The van der Waals surface area contributed by atoms with E-state index in [2.05, 4.69) is 4.98 Å². The number of carbonyl (C=O) groups is 2. The van der Waals surface area contributed by atoms with Crippen LogP contribution in [0.2, 0.25) is 10.0 Å². The van der Waals surface area contributed by atoms with E-state index in [1.54, 1.807) is 30.1 Å². The summed E-state index contributed by atoms with van der Waals surface area (Å²) in [5.41, 5.74) is 0.738. The highest BCUT2D eigenvalue weighted by molar-refractivity contribution is 6.34. The number of H-pyrrole nitrogens is 1. The lowest BCUT2D eigenvalue weighted by atomic mass is 9.93. The summed E-state index contributed by atoms with van der Waals surface area (Å²) >= 11 is 11.9. The highest BCUT2D eigenvalue weighted by Crippen LogP contribution is 2.23. The Bertz CT molecular complexity index is 930. The molecule has 0 spiro atoms. The number of carbonyl (C=O) groups excluding carboxylic acids is 2. The maximum atomic E-state index is 12.3. The minimum atomic E-state index is -0.649. The summed E-state index contributed by atoms with van der Waals surface area (Å²) in [6.07, 6.45) is 3.38. The summed E-state index contributed by atoms with van der Waals surface area (Å²) < 4.78 is 10.2. The van der Waals surface area contributed by atoms with Crippen LogP contribution in [-0.2, 0) is 11.3 Å². The van der Waals surface area contributed by atoms with E-state index in [0.29, 0.717) is 35.6 Å². The summed E-state index contributed by atoms with van der Waals surface area (Å²) in [4.78, 5) is 41.1. The Kier molecular flexibility index (Phi) is 7.44. The van der Waals surface area contributed by atoms with Gasteiger partial charge in [0, 0.05) is 36.7 Å². The fraction of sp³-hybridized carbons (Fsp3) is 0.450. The van der Waals surface area contributed by atoms with Crippen LogP contribution in [0.5, 0.6) is 0 Å². The summed E-state index contributed by atoms with van der Waals surface area (Å²) in [6.45, 7) is 1.86. The molecule has 2 aromatic rings. The number of benzene rings is 1. The van der Waals surface area contributed by atoms with Gasteiger partial charge in [-0.3, -0.25) is 9.78 Å². The number of nitrogens with zero attached hydrogens (tertiary/aromatic N) is 2. The number of aromatic nitrogens is 1. The molecule has 3 rings (SSSR count). The van der Waals surface area contributed by atoms with Crippen molar-refractivity contribution >= 4 is 35.2 Å². The molecule has 0 atom stereocenters. The summed E-state index contributed by atoms with van der Waals surface area (Å²) in [5, 5.41) is 0.993. The predicted molar refractivity (Wildman–Crippen MR) is 112 cm³/mol.